The van der Waals surface area contributed by atoms with Crippen molar-refractivity contribution in [3.63, 3.8) is 0 Å². The SMILES string of the molecule is Cc1cn2c(CN(C)C(=O)CNC(=O)c3ccc([N+](=O)[O-])c(C)c3)c(C)nc2s1. The molecule has 0 radical (unpaired) electrons. The van der Waals surface area contributed by atoms with Crippen LogP contribution in [0.25, 0.3) is 4.96 Å². The highest BCUT2D eigenvalue weighted by Crippen LogP contribution is 2.21. The number of benzene rings is 1. The van der Waals surface area contributed by atoms with Crippen LogP contribution in [0.2, 0.25) is 0 Å². The second-order valence-corrected chi connectivity index (χ2v) is 8.04. The Morgan fingerprint density at radius 3 is 2.69 bits per heavy atom. The molecule has 3 rings (SSSR count). The average molecular weight is 415 g/mol. The molecule has 0 saturated heterocycles. The summed E-state index contributed by atoms with van der Waals surface area (Å²) in [4.78, 5) is 43.2. The van der Waals surface area contributed by atoms with Gasteiger partial charge < -0.3 is 10.2 Å². The van der Waals surface area contributed by atoms with E-state index in [0.717, 1.165) is 21.2 Å². The van der Waals surface area contributed by atoms with Crippen molar-refractivity contribution in [2.45, 2.75) is 27.3 Å². The molecule has 0 atom stereocenters. The monoisotopic (exact) mass is 415 g/mol. The smallest absolute Gasteiger partial charge is 0.272 e. The maximum atomic E-state index is 12.5. The van der Waals surface area contributed by atoms with E-state index in [-0.39, 0.29) is 23.7 Å². The van der Waals surface area contributed by atoms with E-state index in [9.17, 15) is 19.7 Å². The lowest BCUT2D eigenvalue weighted by Crippen LogP contribution is -2.38. The Balaban J connectivity index is 1.62. The second-order valence-electron chi connectivity index (χ2n) is 6.83. The van der Waals surface area contributed by atoms with Gasteiger partial charge in [-0.1, -0.05) is 0 Å². The van der Waals surface area contributed by atoms with Gasteiger partial charge in [0.1, 0.15) is 0 Å². The number of thiazole rings is 1. The third-order valence-corrected chi connectivity index (χ3v) is 5.51. The molecule has 0 bridgehead atoms. The van der Waals surface area contributed by atoms with Gasteiger partial charge in [0.2, 0.25) is 5.91 Å². The predicted molar refractivity (Wildman–Crippen MR) is 109 cm³/mol. The first-order valence-electron chi connectivity index (χ1n) is 8.88. The summed E-state index contributed by atoms with van der Waals surface area (Å²) < 4.78 is 1.98. The van der Waals surface area contributed by atoms with Crippen molar-refractivity contribution in [2.24, 2.45) is 0 Å². The van der Waals surface area contributed by atoms with Crippen LogP contribution in [0.4, 0.5) is 5.69 Å². The van der Waals surface area contributed by atoms with E-state index in [4.69, 9.17) is 0 Å². The molecular formula is C19H21N5O4S. The van der Waals surface area contributed by atoms with Gasteiger partial charge in [-0.05, 0) is 32.9 Å². The van der Waals surface area contributed by atoms with Crippen LogP contribution in [-0.2, 0) is 11.3 Å². The molecule has 0 saturated carbocycles. The van der Waals surface area contributed by atoms with Gasteiger partial charge in [0.25, 0.3) is 11.6 Å². The van der Waals surface area contributed by atoms with Crippen LogP contribution in [0.5, 0.6) is 0 Å². The Morgan fingerprint density at radius 2 is 2.03 bits per heavy atom. The lowest BCUT2D eigenvalue weighted by Gasteiger charge is -2.17. The standard InChI is InChI=1S/C19H21N5O4S/c1-11-7-14(5-6-15(11)24(27)28)18(26)20-8-17(25)22(4)10-16-13(3)21-19-23(16)9-12(2)29-19/h5-7,9H,8,10H2,1-4H3,(H,20,26). The van der Waals surface area contributed by atoms with Crippen molar-refractivity contribution >= 4 is 33.8 Å². The zero-order chi connectivity index (χ0) is 21.3. The predicted octanol–water partition coefficient (Wildman–Crippen LogP) is 2.62. The van der Waals surface area contributed by atoms with Crippen molar-refractivity contribution in [1.29, 1.82) is 0 Å². The fraction of sp³-hybridized carbons (Fsp3) is 0.316. The van der Waals surface area contributed by atoms with Crippen molar-refractivity contribution in [1.82, 2.24) is 19.6 Å². The molecule has 0 spiro atoms. The van der Waals surface area contributed by atoms with E-state index in [1.54, 1.807) is 25.3 Å². The number of nitro groups is 1. The van der Waals surface area contributed by atoms with Gasteiger partial charge in [-0.15, -0.1) is 11.3 Å². The number of fused-ring (bicyclic) bond motifs is 1. The number of nitrogens with zero attached hydrogens (tertiary/aromatic N) is 4. The number of hydrogen-bond donors (Lipinski definition) is 1. The van der Waals surface area contributed by atoms with Crippen LogP contribution in [0.15, 0.2) is 24.4 Å². The van der Waals surface area contributed by atoms with Crippen LogP contribution in [0, 0.1) is 30.9 Å². The highest BCUT2D eigenvalue weighted by atomic mass is 32.1. The summed E-state index contributed by atoms with van der Waals surface area (Å²) in [5.41, 5.74) is 2.39. The number of nitrogens with one attached hydrogen (secondary N) is 1. The maximum Gasteiger partial charge on any atom is 0.272 e. The molecule has 0 aliphatic rings. The zero-order valence-corrected chi connectivity index (χ0v) is 17.4. The van der Waals surface area contributed by atoms with Crippen molar-refractivity contribution in [2.75, 3.05) is 13.6 Å². The molecule has 152 valence electrons. The molecule has 3 aromatic rings. The first-order valence-corrected chi connectivity index (χ1v) is 9.70. The van der Waals surface area contributed by atoms with Crippen molar-refractivity contribution in [3.05, 3.63) is 61.9 Å². The molecule has 2 aromatic heterocycles. The fourth-order valence-electron chi connectivity index (χ4n) is 3.01. The van der Waals surface area contributed by atoms with Crippen molar-refractivity contribution < 1.29 is 14.5 Å². The van der Waals surface area contributed by atoms with Gasteiger partial charge in [0.05, 0.1) is 29.4 Å². The molecule has 9 nitrogen and oxygen atoms in total. The van der Waals surface area contributed by atoms with Gasteiger partial charge in [0.15, 0.2) is 4.96 Å². The number of hydrogen-bond acceptors (Lipinski definition) is 6. The minimum atomic E-state index is -0.500. The van der Waals surface area contributed by atoms with E-state index >= 15 is 0 Å². The second kappa shape index (κ2) is 8.00. The Bertz CT molecular complexity index is 1120. The Morgan fingerprint density at radius 1 is 1.31 bits per heavy atom. The van der Waals surface area contributed by atoms with Crippen LogP contribution in [0.3, 0.4) is 0 Å². The number of nitro benzene ring substituents is 1. The Hall–Kier alpha value is -3.27. The minimum Gasteiger partial charge on any atom is -0.343 e. The third-order valence-electron chi connectivity index (χ3n) is 4.61. The molecule has 0 unspecified atom stereocenters. The van der Waals surface area contributed by atoms with E-state index in [2.05, 4.69) is 10.3 Å². The zero-order valence-electron chi connectivity index (χ0n) is 16.6. The molecule has 2 amide bonds. The summed E-state index contributed by atoms with van der Waals surface area (Å²) in [5, 5.41) is 13.5. The number of carbonyl (C=O) groups is 2. The van der Waals surface area contributed by atoms with Crippen LogP contribution in [0.1, 0.15) is 32.2 Å². The summed E-state index contributed by atoms with van der Waals surface area (Å²) in [5.74, 6) is -0.709. The van der Waals surface area contributed by atoms with Gasteiger partial charge in [-0.3, -0.25) is 24.1 Å². The number of amides is 2. The first kappa shape index (κ1) is 20.5. The van der Waals surface area contributed by atoms with Gasteiger partial charge in [0, 0.05) is 35.3 Å². The number of rotatable bonds is 6. The van der Waals surface area contributed by atoms with Crippen molar-refractivity contribution in [3.8, 4) is 0 Å². The molecule has 0 aliphatic heterocycles. The number of aryl methyl sites for hydroxylation is 3. The lowest BCUT2D eigenvalue weighted by molar-refractivity contribution is -0.385. The highest BCUT2D eigenvalue weighted by molar-refractivity contribution is 7.17. The summed E-state index contributed by atoms with van der Waals surface area (Å²) in [7, 11) is 1.67. The van der Waals surface area contributed by atoms with E-state index in [1.807, 2.05) is 24.4 Å². The fourth-order valence-corrected chi connectivity index (χ4v) is 3.90. The number of likely N-dealkylation sites (N-methyl/N-ethyl adjacent to an activating group) is 1. The van der Waals surface area contributed by atoms with Crippen LogP contribution < -0.4 is 5.32 Å². The van der Waals surface area contributed by atoms with Gasteiger partial charge >= 0.3 is 0 Å². The largest absolute Gasteiger partial charge is 0.343 e. The third kappa shape index (κ3) is 4.27. The van der Waals surface area contributed by atoms with E-state index < -0.39 is 10.8 Å². The quantitative estimate of drug-likeness (QED) is 0.492. The van der Waals surface area contributed by atoms with Gasteiger partial charge in [-0.25, -0.2) is 4.98 Å². The molecule has 10 heteroatoms. The molecule has 0 fully saturated rings. The van der Waals surface area contributed by atoms with Gasteiger partial charge in [-0.2, -0.15) is 0 Å². The maximum absolute atomic E-state index is 12.5. The van der Waals surface area contributed by atoms with E-state index in [0.29, 0.717) is 12.1 Å². The molecule has 1 aromatic carbocycles. The topological polar surface area (TPSA) is 110 Å². The first-order chi connectivity index (χ1) is 13.7. The Kier molecular flexibility index (Phi) is 5.64. The summed E-state index contributed by atoms with van der Waals surface area (Å²) >= 11 is 1.59. The molecule has 29 heavy (non-hydrogen) atoms. The lowest BCUT2D eigenvalue weighted by atomic mass is 10.1. The van der Waals surface area contributed by atoms with Crippen LogP contribution >= 0.6 is 11.3 Å². The molecule has 1 N–H and O–H groups in total. The highest BCUT2D eigenvalue weighted by Gasteiger charge is 2.18. The van der Waals surface area contributed by atoms with Crippen LogP contribution in [-0.4, -0.2) is 44.6 Å². The molecule has 0 aliphatic carbocycles. The molecule has 2 heterocycles. The number of carbonyl (C=O) groups excluding carboxylic acids is 2. The number of aromatic nitrogens is 2. The molecular weight excluding hydrogens is 394 g/mol. The Labute approximate surface area is 171 Å². The minimum absolute atomic E-state index is 0.0523. The average Bonchev–Trinajstić information content (AvgIpc) is 3.14. The number of imidazole rings is 1. The summed E-state index contributed by atoms with van der Waals surface area (Å²) in [6.45, 7) is 5.67. The summed E-state index contributed by atoms with van der Waals surface area (Å²) in [6.07, 6.45) is 1.99. The normalized spacial score (nSPS) is 10.9. The summed E-state index contributed by atoms with van der Waals surface area (Å²) in [6, 6.07) is 4.10. The van der Waals surface area contributed by atoms with E-state index in [1.165, 1.54) is 23.1 Å².